The van der Waals surface area contributed by atoms with Crippen LogP contribution in [0.4, 0.5) is 0 Å². The summed E-state index contributed by atoms with van der Waals surface area (Å²) in [4.78, 5) is 0. The molecule has 0 aromatic carbocycles. The molecule has 1 aliphatic heterocycles. The molecule has 0 aromatic heterocycles. The maximum Gasteiger partial charge on any atom is 0.362 e. The van der Waals surface area contributed by atoms with Crippen LogP contribution in [0.15, 0.2) is 0 Å². The minimum absolute atomic E-state index is 0.805. The monoisotopic (exact) mass is 305 g/mol. The molecule has 0 N–H and O–H groups in total. The summed E-state index contributed by atoms with van der Waals surface area (Å²) in [5.41, 5.74) is 0. The summed E-state index contributed by atoms with van der Waals surface area (Å²) in [6.07, 6.45) is 0. The van der Waals surface area contributed by atoms with Gasteiger partial charge in [-0.1, -0.05) is 39.3 Å². The van der Waals surface area contributed by atoms with Crippen LogP contribution in [0.2, 0.25) is 69.4 Å². The zero-order chi connectivity index (χ0) is 14.1. The van der Waals surface area contributed by atoms with Gasteiger partial charge in [0.2, 0.25) is 0 Å². The summed E-state index contributed by atoms with van der Waals surface area (Å²) in [7, 11) is -2.55. The molecule has 0 aliphatic carbocycles. The van der Waals surface area contributed by atoms with Crippen LogP contribution in [0.1, 0.15) is 0 Å². The van der Waals surface area contributed by atoms with Crippen molar-refractivity contribution < 1.29 is 3.75 Å². The van der Waals surface area contributed by atoms with Crippen LogP contribution < -0.4 is 0 Å². The van der Waals surface area contributed by atoms with Gasteiger partial charge in [-0.2, -0.15) is 0 Å². The molecule has 1 aliphatic rings. The molecular weight excluding hydrogens is 272 g/mol. The number of hydrogen-bond acceptors (Lipinski definition) is 0. The zero-order valence-electron chi connectivity index (χ0n) is 13.9. The van der Waals surface area contributed by atoms with Crippen LogP contribution >= 0.6 is 0 Å². The molecule has 1 nitrogen and oxygen atoms in total. The van der Waals surface area contributed by atoms with Crippen molar-refractivity contribution in [3.8, 4) is 0 Å². The molecule has 0 amide bonds. The molecule has 0 radical (unpaired) electrons. The predicted molar refractivity (Wildman–Crippen MR) is 91.4 cm³/mol. The van der Waals surface area contributed by atoms with Crippen molar-refractivity contribution in [1.82, 2.24) is 0 Å². The van der Waals surface area contributed by atoms with E-state index >= 15 is 0 Å². The lowest BCUT2D eigenvalue weighted by atomic mass is 11.6. The SMILES string of the molecule is C[O+]1[Si](C)(C)C([Si](C)(C)C)([Si](C)(C)C)[Si]1(C)C. The number of hydrogen-bond donors (Lipinski definition) is 0. The lowest BCUT2D eigenvalue weighted by Gasteiger charge is -2.73. The van der Waals surface area contributed by atoms with Gasteiger partial charge in [-0.25, -0.2) is 0 Å². The van der Waals surface area contributed by atoms with Crippen LogP contribution in [0.25, 0.3) is 0 Å². The van der Waals surface area contributed by atoms with Gasteiger partial charge < -0.3 is 3.75 Å². The second kappa shape index (κ2) is 3.68. The molecule has 0 aromatic rings. The van der Waals surface area contributed by atoms with E-state index in [4.69, 9.17) is 0 Å². The normalized spacial score (nSPS) is 27.7. The van der Waals surface area contributed by atoms with Crippen LogP contribution in [0, 0.1) is 0 Å². The van der Waals surface area contributed by atoms with E-state index in [1.165, 1.54) is 0 Å². The van der Waals surface area contributed by atoms with Gasteiger partial charge in [0.15, 0.2) is 0 Å². The van der Waals surface area contributed by atoms with Crippen LogP contribution in [0.5, 0.6) is 0 Å². The third-order valence-corrected chi connectivity index (χ3v) is 44.2. The van der Waals surface area contributed by atoms with Gasteiger partial charge in [0, 0.05) is 26.2 Å². The molecule has 1 heterocycles. The summed E-state index contributed by atoms with van der Waals surface area (Å²) in [5.74, 6) is 0. The molecule has 0 unspecified atom stereocenters. The second-order valence-electron chi connectivity index (χ2n) is 8.78. The van der Waals surface area contributed by atoms with E-state index < -0.39 is 32.8 Å². The van der Waals surface area contributed by atoms with Gasteiger partial charge in [-0.15, -0.1) is 0 Å². The number of rotatable bonds is 2. The van der Waals surface area contributed by atoms with Gasteiger partial charge in [0.1, 0.15) is 0 Å². The van der Waals surface area contributed by atoms with Crippen LogP contribution in [-0.4, -0.2) is 39.9 Å². The molecule has 1 fully saturated rings. The fraction of sp³-hybridized carbons (Fsp3) is 1.00. The standard InChI is InChI=1S/C12H33OSi4/c1-13-16(8,9)12(14(2,3)4,15(5,6)7)17(13,10)11/h1-11H3/q+1. The van der Waals surface area contributed by atoms with Gasteiger partial charge in [-0.3, -0.25) is 0 Å². The largest absolute Gasteiger partial charge is 0.621 e. The minimum Gasteiger partial charge on any atom is -0.621 e. The molecule has 5 heteroatoms. The quantitative estimate of drug-likeness (QED) is 0.517. The Morgan fingerprint density at radius 3 is 1.06 bits per heavy atom. The van der Waals surface area contributed by atoms with Crippen molar-refractivity contribution in [2.45, 2.75) is 69.4 Å². The third-order valence-electron chi connectivity index (χ3n) is 5.59. The Morgan fingerprint density at radius 1 is 0.706 bits per heavy atom. The first-order valence-electron chi connectivity index (χ1n) is 6.82. The Hall–Kier alpha value is 0.828. The molecule has 1 rings (SSSR count). The maximum absolute atomic E-state index is 3.79. The van der Waals surface area contributed by atoms with Gasteiger partial charge >= 0.3 is 16.6 Å². The molecule has 0 saturated carbocycles. The van der Waals surface area contributed by atoms with E-state index in [0.717, 1.165) is 3.91 Å². The van der Waals surface area contributed by atoms with Crippen molar-refractivity contribution in [1.29, 1.82) is 0 Å². The van der Waals surface area contributed by atoms with E-state index in [1.807, 2.05) is 0 Å². The van der Waals surface area contributed by atoms with Crippen molar-refractivity contribution in [3.05, 3.63) is 0 Å². The van der Waals surface area contributed by atoms with Gasteiger partial charge in [0.05, 0.1) is 27.2 Å². The summed E-state index contributed by atoms with van der Waals surface area (Å²) in [6, 6.07) is 0. The smallest absolute Gasteiger partial charge is 0.362 e. The van der Waals surface area contributed by atoms with E-state index in [1.54, 1.807) is 0 Å². The molecule has 17 heavy (non-hydrogen) atoms. The molecular formula is C12H33OSi4+. The van der Waals surface area contributed by atoms with E-state index in [9.17, 15) is 0 Å². The fourth-order valence-corrected chi connectivity index (χ4v) is 60.5. The van der Waals surface area contributed by atoms with Crippen molar-refractivity contribution in [2.24, 2.45) is 0 Å². The average Bonchev–Trinajstić information content (AvgIpc) is 1.95. The summed E-state index contributed by atoms with van der Waals surface area (Å²) in [5, 5.41) is 0. The molecule has 0 spiro atoms. The van der Waals surface area contributed by atoms with Crippen molar-refractivity contribution in [2.75, 3.05) is 7.11 Å². The summed E-state index contributed by atoms with van der Waals surface area (Å²) >= 11 is 0. The van der Waals surface area contributed by atoms with Crippen molar-refractivity contribution >= 4 is 32.8 Å². The molecule has 0 atom stereocenters. The maximum atomic E-state index is 3.79. The van der Waals surface area contributed by atoms with Crippen LogP contribution in [-0.2, 0) is 3.75 Å². The predicted octanol–water partition coefficient (Wildman–Crippen LogP) is 4.63. The van der Waals surface area contributed by atoms with Crippen LogP contribution in [0.3, 0.4) is 0 Å². The highest BCUT2D eigenvalue weighted by atomic mass is 28.6. The Balaban J connectivity index is 3.57. The highest BCUT2D eigenvalue weighted by Gasteiger charge is 2.89. The van der Waals surface area contributed by atoms with Crippen molar-refractivity contribution in [3.63, 3.8) is 0 Å². The first kappa shape index (κ1) is 15.9. The Labute approximate surface area is 113 Å². The first-order valence-corrected chi connectivity index (χ1v) is 19.6. The molecule has 102 valence electrons. The van der Waals surface area contributed by atoms with E-state index in [-0.39, 0.29) is 0 Å². The minimum atomic E-state index is -1.30. The summed E-state index contributed by atoms with van der Waals surface area (Å²) < 4.78 is 4.59. The lowest BCUT2D eigenvalue weighted by Crippen LogP contribution is -2.91. The van der Waals surface area contributed by atoms with E-state index in [0.29, 0.717) is 0 Å². The Morgan fingerprint density at radius 2 is 0.941 bits per heavy atom. The van der Waals surface area contributed by atoms with Gasteiger partial charge in [-0.05, 0) is 0 Å². The highest BCUT2D eigenvalue weighted by Crippen LogP contribution is 2.70. The second-order valence-corrected chi connectivity index (χ2v) is 31.5. The highest BCUT2D eigenvalue weighted by molar-refractivity contribution is 7.33. The fourth-order valence-electron chi connectivity index (χ4n) is 6.51. The topological polar surface area (TPSA) is 2.70 Å². The Kier molecular flexibility index (Phi) is 3.44. The summed E-state index contributed by atoms with van der Waals surface area (Å²) in [6.45, 7) is 26.3. The molecule has 1 saturated heterocycles. The van der Waals surface area contributed by atoms with E-state index in [2.05, 4.69) is 76.3 Å². The van der Waals surface area contributed by atoms with Gasteiger partial charge in [0.25, 0.3) is 0 Å². The lowest BCUT2D eigenvalue weighted by molar-refractivity contribution is 0.175. The first-order chi connectivity index (χ1) is 7.15. The zero-order valence-corrected chi connectivity index (χ0v) is 17.9. The third kappa shape index (κ3) is 1.55. The molecule has 0 bridgehead atoms. The Bertz CT molecular complexity index is 290. The average molecular weight is 306 g/mol.